The number of hydrogen-bond acceptors (Lipinski definition) is 2. The molecule has 2 nitrogen and oxygen atoms in total. The van der Waals surface area contributed by atoms with Crippen molar-refractivity contribution in [1.82, 2.24) is 0 Å². The minimum atomic E-state index is -1.36. The van der Waals surface area contributed by atoms with E-state index in [1.807, 2.05) is 0 Å². The van der Waals surface area contributed by atoms with E-state index in [1.54, 1.807) is 31.2 Å². The Morgan fingerprint density at radius 3 is 2.50 bits per heavy atom. The summed E-state index contributed by atoms with van der Waals surface area (Å²) in [7, 11) is 1.50. The molecule has 2 aromatic carbocycles. The molecule has 0 fully saturated rings. The Morgan fingerprint density at radius 1 is 1.10 bits per heavy atom. The third kappa shape index (κ3) is 2.80. The summed E-state index contributed by atoms with van der Waals surface area (Å²) < 4.78 is 32.1. The van der Waals surface area contributed by atoms with Crippen LogP contribution in [0.1, 0.15) is 18.1 Å². The molecule has 0 aliphatic heterocycles. The van der Waals surface area contributed by atoms with Crippen LogP contribution in [0.15, 0.2) is 42.5 Å². The van der Waals surface area contributed by atoms with Gasteiger partial charge in [0.15, 0.2) is 11.6 Å². The molecule has 106 valence electrons. The zero-order chi connectivity index (χ0) is 14.8. The molecule has 0 spiro atoms. The van der Waals surface area contributed by atoms with Crippen LogP contribution in [0.25, 0.3) is 0 Å². The van der Waals surface area contributed by atoms with E-state index < -0.39 is 17.2 Å². The fraction of sp³-hybridized carbons (Fsp3) is 0.250. The molecule has 4 heteroatoms. The van der Waals surface area contributed by atoms with Crippen LogP contribution in [0.2, 0.25) is 0 Å². The molecule has 0 bridgehead atoms. The van der Waals surface area contributed by atoms with Gasteiger partial charge >= 0.3 is 0 Å². The van der Waals surface area contributed by atoms with Crippen LogP contribution in [-0.2, 0) is 12.0 Å². The van der Waals surface area contributed by atoms with Gasteiger partial charge in [0.1, 0.15) is 5.75 Å². The maximum Gasteiger partial charge on any atom is 0.162 e. The van der Waals surface area contributed by atoms with Crippen molar-refractivity contribution in [2.24, 2.45) is 0 Å². The van der Waals surface area contributed by atoms with Crippen LogP contribution >= 0.6 is 0 Å². The SMILES string of the molecule is COc1ccccc1C(C)(O)Cc1cccc(F)c1F. The number of methoxy groups -OCH3 is 1. The highest BCUT2D eigenvalue weighted by molar-refractivity contribution is 5.39. The Balaban J connectivity index is 2.38. The first-order valence-corrected chi connectivity index (χ1v) is 6.24. The van der Waals surface area contributed by atoms with Gasteiger partial charge in [0.25, 0.3) is 0 Å². The summed E-state index contributed by atoms with van der Waals surface area (Å²) in [6.45, 7) is 1.55. The Bertz CT molecular complexity index is 609. The smallest absolute Gasteiger partial charge is 0.162 e. The number of hydrogen-bond donors (Lipinski definition) is 1. The summed E-state index contributed by atoms with van der Waals surface area (Å²) in [5.74, 6) is -1.34. The van der Waals surface area contributed by atoms with Gasteiger partial charge in [-0.2, -0.15) is 0 Å². The van der Waals surface area contributed by atoms with Crippen LogP contribution in [0.3, 0.4) is 0 Å². The fourth-order valence-electron chi connectivity index (χ4n) is 2.24. The van der Waals surface area contributed by atoms with Crippen LogP contribution in [0, 0.1) is 11.6 Å². The molecule has 0 aliphatic rings. The second kappa shape index (κ2) is 5.59. The van der Waals surface area contributed by atoms with Gasteiger partial charge < -0.3 is 9.84 Å². The zero-order valence-corrected chi connectivity index (χ0v) is 11.4. The molecule has 0 aliphatic carbocycles. The first kappa shape index (κ1) is 14.5. The van der Waals surface area contributed by atoms with Crippen molar-refractivity contribution < 1.29 is 18.6 Å². The lowest BCUT2D eigenvalue weighted by Gasteiger charge is -2.26. The lowest BCUT2D eigenvalue weighted by Crippen LogP contribution is -2.25. The minimum absolute atomic E-state index is 0.0447. The van der Waals surface area contributed by atoms with Gasteiger partial charge in [-0.3, -0.25) is 0 Å². The second-order valence-electron chi connectivity index (χ2n) is 4.86. The number of para-hydroxylation sites is 1. The van der Waals surface area contributed by atoms with E-state index in [2.05, 4.69) is 0 Å². The Hall–Kier alpha value is -1.94. The molecular formula is C16H16F2O2. The minimum Gasteiger partial charge on any atom is -0.496 e. The first-order chi connectivity index (χ1) is 9.45. The van der Waals surface area contributed by atoms with Crippen molar-refractivity contribution in [2.45, 2.75) is 18.9 Å². The van der Waals surface area contributed by atoms with Gasteiger partial charge in [0, 0.05) is 12.0 Å². The largest absolute Gasteiger partial charge is 0.496 e. The summed E-state index contributed by atoms with van der Waals surface area (Å²) in [5, 5.41) is 10.6. The topological polar surface area (TPSA) is 29.5 Å². The van der Waals surface area contributed by atoms with Crippen molar-refractivity contribution in [3.05, 3.63) is 65.2 Å². The van der Waals surface area contributed by atoms with Gasteiger partial charge in [0.05, 0.1) is 12.7 Å². The number of ether oxygens (including phenoxy) is 1. The van der Waals surface area contributed by atoms with Crippen LogP contribution in [0.5, 0.6) is 5.75 Å². The Labute approximate surface area is 116 Å². The standard InChI is InChI=1S/C16H16F2O2/c1-16(19,12-7-3-4-9-14(12)20-2)10-11-6-5-8-13(17)15(11)18/h3-9,19H,10H2,1-2H3. The highest BCUT2D eigenvalue weighted by Crippen LogP contribution is 2.33. The normalized spacial score (nSPS) is 13.8. The molecule has 0 amide bonds. The highest BCUT2D eigenvalue weighted by Gasteiger charge is 2.28. The van der Waals surface area contributed by atoms with E-state index >= 15 is 0 Å². The van der Waals surface area contributed by atoms with Gasteiger partial charge in [-0.1, -0.05) is 30.3 Å². The maximum absolute atomic E-state index is 13.7. The second-order valence-corrected chi connectivity index (χ2v) is 4.86. The summed E-state index contributed by atoms with van der Waals surface area (Å²) in [4.78, 5) is 0. The number of benzene rings is 2. The molecule has 20 heavy (non-hydrogen) atoms. The fourth-order valence-corrected chi connectivity index (χ4v) is 2.24. The summed E-state index contributed by atoms with van der Waals surface area (Å²) in [5.41, 5.74) is -0.701. The average Bonchev–Trinajstić information content (AvgIpc) is 2.43. The van der Waals surface area contributed by atoms with Crippen LogP contribution in [0.4, 0.5) is 8.78 Å². The van der Waals surface area contributed by atoms with E-state index in [9.17, 15) is 13.9 Å². The van der Waals surface area contributed by atoms with Gasteiger partial charge in [-0.05, 0) is 24.6 Å². The molecule has 0 radical (unpaired) electrons. The molecule has 0 heterocycles. The van der Waals surface area contributed by atoms with Crippen LogP contribution in [-0.4, -0.2) is 12.2 Å². The Kier molecular flexibility index (Phi) is 4.04. The molecule has 1 N–H and O–H groups in total. The molecular weight excluding hydrogens is 262 g/mol. The molecule has 0 aromatic heterocycles. The van der Waals surface area contributed by atoms with Crippen molar-refractivity contribution in [3.63, 3.8) is 0 Å². The zero-order valence-electron chi connectivity index (χ0n) is 11.4. The molecule has 0 saturated heterocycles. The number of halogens is 2. The van der Waals surface area contributed by atoms with E-state index in [1.165, 1.54) is 19.2 Å². The van der Waals surface area contributed by atoms with E-state index in [0.29, 0.717) is 11.3 Å². The number of rotatable bonds is 4. The van der Waals surface area contributed by atoms with E-state index in [-0.39, 0.29) is 12.0 Å². The molecule has 0 saturated carbocycles. The quantitative estimate of drug-likeness (QED) is 0.928. The van der Waals surface area contributed by atoms with Gasteiger partial charge in [0.2, 0.25) is 0 Å². The highest BCUT2D eigenvalue weighted by atomic mass is 19.2. The van der Waals surface area contributed by atoms with Gasteiger partial charge in [-0.25, -0.2) is 8.78 Å². The summed E-state index contributed by atoms with van der Waals surface area (Å²) in [6, 6.07) is 10.9. The predicted octanol–water partition coefficient (Wildman–Crippen LogP) is 3.42. The van der Waals surface area contributed by atoms with E-state index in [0.717, 1.165) is 6.07 Å². The summed E-state index contributed by atoms with van der Waals surface area (Å²) in [6.07, 6.45) is -0.0447. The average molecular weight is 278 g/mol. The predicted molar refractivity (Wildman–Crippen MR) is 72.6 cm³/mol. The molecule has 2 aromatic rings. The van der Waals surface area contributed by atoms with Crippen LogP contribution < -0.4 is 4.74 Å². The third-order valence-corrected chi connectivity index (χ3v) is 3.25. The number of aliphatic hydroxyl groups is 1. The van der Waals surface area contributed by atoms with Crippen molar-refractivity contribution in [2.75, 3.05) is 7.11 Å². The third-order valence-electron chi connectivity index (χ3n) is 3.25. The van der Waals surface area contributed by atoms with Crippen molar-refractivity contribution in [3.8, 4) is 5.75 Å². The lowest BCUT2D eigenvalue weighted by molar-refractivity contribution is 0.0539. The monoisotopic (exact) mass is 278 g/mol. The van der Waals surface area contributed by atoms with Crippen molar-refractivity contribution >= 4 is 0 Å². The Morgan fingerprint density at radius 2 is 1.80 bits per heavy atom. The lowest BCUT2D eigenvalue weighted by atomic mass is 9.88. The molecule has 2 rings (SSSR count). The molecule has 1 unspecified atom stereocenters. The van der Waals surface area contributed by atoms with Gasteiger partial charge in [-0.15, -0.1) is 0 Å². The first-order valence-electron chi connectivity index (χ1n) is 6.24. The van der Waals surface area contributed by atoms with Crippen molar-refractivity contribution in [1.29, 1.82) is 0 Å². The summed E-state index contributed by atoms with van der Waals surface area (Å²) >= 11 is 0. The molecule has 1 atom stereocenters. The maximum atomic E-state index is 13.7. The van der Waals surface area contributed by atoms with E-state index in [4.69, 9.17) is 4.74 Å².